The van der Waals surface area contributed by atoms with Gasteiger partial charge < -0.3 is 9.47 Å². The minimum Gasteiger partial charge on any atom is -0.494 e. The van der Waals surface area contributed by atoms with E-state index < -0.39 is 0 Å². The van der Waals surface area contributed by atoms with Crippen molar-refractivity contribution in [3.8, 4) is 5.75 Å². The van der Waals surface area contributed by atoms with E-state index in [1.165, 1.54) is 0 Å². The molecule has 0 saturated carbocycles. The average molecular weight is 316 g/mol. The Morgan fingerprint density at radius 2 is 1.70 bits per heavy atom. The molecule has 2 rings (SSSR count). The molecule has 0 radical (unpaired) electrons. The highest BCUT2D eigenvalue weighted by atomic mass is 19.1. The molecule has 0 atom stereocenters. The van der Waals surface area contributed by atoms with Crippen LogP contribution in [0.2, 0.25) is 0 Å². The van der Waals surface area contributed by atoms with E-state index in [1.807, 2.05) is 54.6 Å². The van der Waals surface area contributed by atoms with E-state index in [0.29, 0.717) is 38.2 Å². The second kappa shape index (κ2) is 9.62. The second-order valence-corrected chi connectivity index (χ2v) is 5.18. The standard InChI is InChI=1S/C19H21FO3/c20-13-4-14-22-18-10-7-16(8-11-18)9-12-19(21)23-15-17-5-2-1-3-6-17/h1-3,5-8,10-11H,4,9,12-15H2. The van der Waals surface area contributed by atoms with Crippen molar-refractivity contribution >= 4 is 5.97 Å². The summed E-state index contributed by atoms with van der Waals surface area (Å²) in [7, 11) is 0. The molecule has 2 aromatic carbocycles. The normalized spacial score (nSPS) is 10.3. The summed E-state index contributed by atoms with van der Waals surface area (Å²) in [5, 5.41) is 0. The van der Waals surface area contributed by atoms with Gasteiger partial charge in [0.1, 0.15) is 12.4 Å². The van der Waals surface area contributed by atoms with E-state index in [1.54, 1.807) is 0 Å². The van der Waals surface area contributed by atoms with Crippen LogP contribution >= 0.6 is 0 Å². The van der Waals surface area contributed by atoms with Crippen molar-refractivity contribution in [1.82, 2.24) is 0 Å². The molecule has 0 heterocycles. The van der Waals surface area contributed by atoms with Crippen LogP contribution < -0.4 is 4.74 Å². The monoisotopic (exact) mass is 316 g/mol. The molecule has 0 aliphatic rings. The highest BCUT2D eigenvalue weighted by Gasteiger charge is 2.04. The van der Waals surface area contributed by atoms with E-state index >= 15 is 0 Å². The first-order valence-corrected chi connectivity index (χ1v) is 7.75. The predicted octanol–water partition coefficient (Wildman–Crippen LogP) is 4.10. The number of carbonyl (C=O) groups is 1. The third kappa shape index (κ3) is 6.51. The van der Waals surface area contributed by atoms with Crippen molar-refractivity contribution in [2.75, 3.05) is 13.3 Å². The van der Waals surface area contributed by atoms with E-state index in [-0.39, 0.29) is 12.6 Å². The van der Waals surface area contributed by atoms with Gasteiger partial charge in [-0.3, -0.25) is 9.18 Å². The second-order valence-electron chi connectivity index (χ2n) is 5.18. The first-order valence-electron chi connectivity index (χ1n) is 7.75. The lowest BCUT2D eigenvalue weighted by Gasteiger charge is -2.07. The number of hydrogen-bond acceptors (Lipinski definition) is 3. The maximum atomic E-state index is 12.0. The quantitative estimate of drug-likeness (QED) is 0.516. The summed E-state index contributed by atoms with van der Waals surface area (Å²) in [6, 6.07) is 17.1. The molecule has 3 nitrogen and oxygen atoms in total. The fraction of sp³-hybridized carbons (Fsp3) is 0.316. The zero-order chi connectivity index (χ0) is 16.3. The third-order valence-corrected chi connectivity index (χ3v) is 3.33. The molecule has 0 aliphatic carbocycles. The van der Waals surface area contributed by atoms with Gasteiger partial charge in [0, 0.05) is 12.8 Å². The lowest BCUT2D eigenvalue weighted by molar-refractivity contribution is -0.144. The average Bonchev–Trinajstić information content (AvgIpc) is 2.60. The summed E-state index contributed by atoms with van der Waals surface area (Å²) >= 11 is 0. The van der Waals surface area contributed by atoms with Gasteiger partial charge in [0.05, 0.1) is 13.3 Å². The largest absolute Gasteiger partial charge is 0.494 e. The van der Waals surface area contributed by atoms with Crippen LogP contribution in [0, 0.1) is 0 Å². The van der Waals surface area contributed by atoms with Crippen LogP contribution in [0.4, 0.5) is 4.39 Å². The SMILES string of the molecule is O=C(CCc1ccc(OCCCF)cc1)OCc1ccccc1. The van der Waals surface area contributed by atoms with Gasteiger partial charge in [-0.1, -0.05) is 42.5 Å². The van der Waals surface area contributed by atoms with Crippen LogP contribution in [-0.4, -0.2) is 19.3 Å². The van der Waals surface area contributed by atoms with Crippen LogP contribution in [0.25, 0.3) is 0 Å². The molecule has 0 N–H and O–H groups in total. The fourth-order valence-corrected chi connectivity index (χ4v) is 2.05. The van der Waals surface area contributed by atoms with Gasteiger partial charge in [0.2, 0.25) is 0 Å². The molecular formula is C19H21FO3. The van der Waals surface area contributed by atoms with Crippen molar-refractivity contribution in [2.45, 2.75) is 25.9 Å². The lowest BCUT2D eigenvalue weighted by Crippen LogP contribution is -2.06. The smallest absolute Gasteiger partial charge is 0.306 e. The van der Waals surface area contributed by atoms with Gasteiger partial charge >= 0.3 is 5.97 Å². The molecule has 0 unspecified atom stereocenters. The molecule has 0 amide bonds. The van der Waals surface area contributed by atoms with Crippen LogP contribution in [0.5, 0.6) is 5.75 Å². The van der Waals surface area contributed by atoms with E-state index in [2.05, 4.69) is 0 Å². The molecule has 4 heteroatoms. The number of rotatable bonds is 9. The van der Waals surface area contributed by atoms with Gasteiger partial charge in [-0.05, 0) is 29.7 Å². The fourth-order valence-electron chi connectivity index (χ4n) is 2.05. The van der Waals surface area contributed by atoms with Crippen molar-refractivity contribution in [2.24, 2.45) is 0 Å². The van der Waals surface area contributed by atoms with E-state index in [0.717, 1.165) is 11.1 Å². The molecule has 0 aromatic heterocycles. The number of hydrogen-bond donors (Lipinski definition) is 0. The van der Waals surface area contributed by atoms with E-state index in [4.69, 9.17) is 9.47 Å². The molecule has 0 spiro atoms. The van der Waals surface area contributed by atoms with Crippen LogP contribution in [0.15, 0.2) is 54.6 Å². The Labute approximate surface area is 136 Å². The van der Waals surface area contributed by atoms with Crippen LogP contribution in [0.3, 0.4) is 0 Å². The number of carbonyl (C=O) groups excluding carboxylic acids is 1. The van der Waals surface area contributed by atoms with Crippen molar-refractivity contribution in [3.05, 3.63) is 65.7 Å². The third-order valence-electron chi connectivity index (χ3n) is 3.33. The molecule has 0 aliphatic heterocycles. The summed E-state index contributed by atoms with van der Waals surface area (Å²) in [4.78, 5) is 11.7. The zero-order valence-electron chi connectivity index (χ0n) is 13.0. The minimum absolute atomic E-state index is 0.211. The Morgan fingerprint density at radius 1 is 0.957 bits per heavy atom. The van der Waals surface area contributed by atoms with Gasteiger partial charge in [-0.15, -0.1) is 0 Å². The number of benzene rings is 2. The van der Waals surface area contributed by atoms with E-state index in [9.17, 15) is 9.18 Å². The summed E-state index contributed by atoms with van der Waals surface area (Å²) in [6.45, 7) is 0.311. The highest BCUT2D eigenvalue weighted by molar-refractivity contribution is 5.69. The Kier molecular flexibility index (Phi) is 7.11. The lowest BCUT2D eigenvalue weighted by atomic mass is 10.1. The molecular weight excluding hydrogens is 295 g/mol. The van der Waals surface area contributed by atoms with Gasteiger partial charge in [0.25, 0.3) is 0 Å². The number of aryl methyl sites for hydroxylation is 1. The highest BCUT2D eigenvalue weighted by Crippen LogP contribution is 2.14. The molecule has 122 valence electrons. The maximum absolute atomic E-state index is 12.0. The Balaban J connectivity index is 1.69. The molecule has 0 saturated heterocycles. The number of esters is 1. The molecule has 0 fully saturated rings. The first kappa shape index (κ1) is 17.0. The van der Waals surface area contributed by atoms with Gasteiger partial charge in [-0.2, -0.15) is 0 Å². The number of ether oxygens (including phenoxy) is 2. The van der Waals surface area contributed by atoms with Crippen LogP contribution in [-0.2, 0) is 22.6 Å². The van der Waals surface area contributed by atoms with Gasteiger partial charge in [-0.25, -0.2) is 0 Å². The number of alkyl halides is 1. The Bertz CT molecular complexity index is 581. The minimum atomic E-state index is -0.372. The van der Waals surface area contributed by atoms with Crippen molar-refractivity contribution in [3.63, 3.8) is 0 Å². The molecule has 2 aromatic rings. The molecule has 0 bridgehead atoms. The number of halogens is 1. The maximum Gasteiger partial charge on any atom is 0.306 e. The summed E-state index contributed by atoms with van der Waals surface area (Å²) < 4.78 is 22.6. The Morgan fingerprint density at radius 3 is 2.39 bits per heavy atom. The van der Waals surface area contributed by atoms with Crippen LogP contribution in [0.1, 0.15) is 24.0 Å². The topological polar surface area (TPSA) is 35.5 Å². The Hall–Kier alpha value is -2.36. The first-order chi connectivity index (χ1) is 11.3. The van der Waals surface area contributed by atoms with Crippen molar-refractivity contribution in [1.29, 1.82) is 0 Å². The van der Waals surface area contributed by atoms with Gasteiger partial charge in [0.15, 0.2) is 0 Å². The van der Waals surface area contributed by atoms with Crippen molar-refractivity contribution < 1.29 is 18.7 Å². The predicted molar refractivity (Wildman–Crippen MR) is 87.1 cm³/mol. The molecule has 23 heavy (non-hydrogen) atoms. The zero-order valence-corrected chi connectivity index (χ0v) is 13.0. The summed E-state index contributed by atoms with van der Waals surface area (Å²) in [5.41, 5.74) is 2.02. The summed E-state index contributed by atoms with van der Waals surface area (Å²) in [5.74, 6) is 0.506. The summed E-state index contributed by atoms with van der Waals surface area (Å²) in [6.07, 6.45) is 1.36.